The second-order valence-corrected chi connectivity index (χ2v) is 33.0. The first-order valence-corrected chi connectivity index (χ1v) is 42.0. The summed E-state index contributed by atoms with van der Waals surface area (Å²) < 4.78 is 72.7. The van der Waals surface area contributed by atoms with Crippen LogP contribution in [-0.2, 0) is 95.2 Å². The second-order valence-electron chi connectivity index (χ2n) is 33.0. The maximum absolute atomic E-state index is 13.8. The molecule has 0 spiro atoms. The summed E-state index contributed by atoms with van der Waals surface area (Å²) in [7, 11) is 6.24. The van der Waals surface area contributed by atoms with E-state index in [9.17, 15) is 94.5 Å². The molecule has 36 heteroatoms. The van der Waals surface area contributed by atoms with E-state index >= 15 is 0 Å². The maximum Gasteiger partial charge on any atom is 0.332 e. The standard InChI is InChI=1S/C41H71N3O15.C39H66N2O16/c1-7-25-19-26(27(47)14-11-16-42-31(48)15-17-54-6)20-28(37(25)59-41-36(52)35(51)33(49)22(2)55-41)57-40-32(43-23(3)46)38(34(50)30(21-45)58-40)56-29(39(53)44(4)5)18-24-12-9-8-10-13-24;1-5-23-17-24(25(44)12-9-14-40-29(45)13-15-52-4)18-26(35(23)57-39-34(49)33(48)31(46)20(2)53-39)55-38-30(41-21(3)43)36(32(47)28(19-42)56-38)54-27(37(50)51)16-22-10-7-6-8-11-22/h22,24-26,28-30,32-38,40-41,45,49-52H,7-21H2,1-6H3,(H,42,48)(H,43,46);20,22-24,26-28,30-36,38-39,42,46-49H,5-19H2,1-4H3,(H,40,45)(H,41,43)(H,50,51)/t22-,25+,26?,28+,29-,30-,32?,33?,34-,35-,36-,37?,38?,40+,41?;20-,23+,24?,26+,27-,28-,30?,31?,32-,33-,34-,35?,36?,38+,39?/m00/s1. The van der Waals surface area contributed by atoms with E-state index in [0.29, 0.717) is 51.5 Å². The Labute approximate surface area is 680 Å². The normalized spacial score (nSPS) is 36.5. The average Bonchev–Trinajstić information content (AvgIpc) is 0.776. The van der Waals surface area contributed by atoms with Crippen molar-refractivity contribution in [3.63, 3.8) is 0 Å². The number of aliphatic carboxylic acids is 1. The van der Waals surface area contributed by atoms with Gasteiger partial charge < -0.3 is 139 Å². The number of likely N-dealkylation sites (N-methyl/N-ethyl adjacent to an activating group) is 1. The van der Waals surface area contributed by atoms with Gasteiger partial charge in [-0.2, -0.15) is 0 Å². The van der Waals surface area contributed by atoms with E-state index in [1.54, 1.807) is 14.1 Å². The number of carbonyl (C=O) groups is 8. The Balaban J connectivity index is 0.000000321. The summed E-state index contributed by atoms with van der Waals surface area (Å²) >= 11 is 0. The number of Topliss-reactive ketones (excluding diaryl/α,β-unsaturated/α-hetero) is 2. The van der Waals surface area contributed by atoms with Gasteiger partial charge in [-0.25, -0.2) is 4.79 Å². The lowest BCUT2D eigenvalue weighted by Gasteiger charge is -2.49. The molecule has 5 amide bonds. The fourth-order valence-corrected chi connectivity index (χ4v) is 17.5. The smallest absolute Gasteiger partial charge is 0.332 e. The number of amides is 5. The van der Waals surface area contributed by atoms with E-state index in [1.807, 2.05) is 13.8 Å². The molecule has 0 radical (unpaired) electrons. The number of hydrogen-bond donors (Lipinski definition) is 15. The van der Waals surface area contributed by atoms with Crippen molar-refractivity contribution in [2.24, 2.45) is 35.5 Å². The molecule has 36 nitrogen and oxygen atoms in total. The van der Waals surface area contributed by atoms with Gasteiger partial charge in [-0.15, -0.1) is 0 Å². The Hall–Kier alpha value is -4.72. The summed E-state index contributed by atoms with van der Waals surface area (Å²) in [5.74, 6) is -4.72. The summed E-state index contributed by atoms with van der Waals surface area (Å²) in [5, 5.41) is 129. The van der Waals surface area contributed by atoms with Crippen LogP contribution in [0.15, 0.2) is 0 Å². The number of ketones is 2. The van der Waals surface area contributed by atoms with Crippen molar-refractivity contribution in [3.05, 3.63) is 0 Å². The Morgan fingerprint density at radius 3 is 1.19 bits per heavy atom. The van der Waals surface area contributed by atoms with Gasteiger partial charge in [0.25, 0.3) is 5.91 Å². The van der Waals surface area contributed by atoms with Crippen molar-refractivity contribution in [2.75, 3.05) is 67.8 Å². The Morgan fingerprint density at radius 1 is 0.466 bits per heavy atom. The molecular formula is C80H137N5O31. The van der Waals surface area contributed by atoms with E-state index in [4.69, 9.17) is 56.8 Å². The number of aliphatic hydroxyl groups is 10. The van der Waals surface area contributed by atoms with Crippen molar-refractivity contribution in [1.82, 2.24) is 26.2 Å². The zero-order valence-electron chi connectivity index (χ0n) is 69.2. The number of nitrogens with one attached hydrogen (secondary N) is 4. The van der Waals surface area contributed by atoms with Crippen molar-refractivity contribution in [2.45, 2.75) is 355 Å². The molecule has 4 aliphatic heterocycles. The van der Waals surface area contributed by atoms with Crippen LogP contribution in [0.1, 0.15) is 196 Å². The minimum atomic E-state index is -1.64. The number of aliphatic hydroxyl groups excluding tert-OH is 10. The summed E-state index contributed by atoms with van der Waals surface area (Å²) in [6.45, 7) is 9.13. The minimum absolute atomic E-state index is 0.0632. The minimum Gasteiger partial charge on any atom is -0.479 e. The zero-order valence-corrected chi connectivity index (χ0v) is 69.2. The van der Waals surface area contributed by atoms with E-state index in [0.717, 1.165) is 64.2 Å². The van der Waals surface area contributed by atoms with Gasteiger partial charge in [-0.1, -0.05) is 90.9 Å². The van der Waals surface area contributed by atoms with Gasteiger partial charge in [-0.3, -0.25) is 33.6 Å². The molecule has 116 heavy (non-hydrogen) atoms. The lowest BCUT2D eigenvalue weighted by Crippen LogP contribution is -2.67. The first-order chi connectivity index (χ1) is 55.3. The third kappa shape index (κ3) is 28.2. The molecule has 8 fully saturated rings. The van der Waals surface area contributed by atoms with E-state index in [2.05, 4.69) is 21.3 Å². The number of hydrogen-bond acceptors (Lipinski definition) is 30. The molecule has 0 bridgehead atoms. The van der Waals surface area contributed by atoms with Gasteiger partial charge in [-0.05, 0) is 88.9 Å². The summed E-state index contributed by atoms with van der Waals surface area (Å²) in [4.78, 5) is 105. The fraction of sp³-hybridized carbons (Fsp3) is 0.900. The van der Waals surface area contributed by atoms with Crippen molar-refractivity contribution < 1.29 is 151 Å². The van der Waals surface area contributed by atoms with Crippen LogP contribution in [0.4, 0.5) is 0 Å². The van der Waals surface area contributed by atoms with Crippen LogP contribution in [0.25, 0.3) is 0 Å². The van der Waals surface area contributed by atoms with E-state index in [-0.39, 0.29) is 118 Å². The SMILES string of the molecule is CC[C@@H]1CC(C(=O)CCCNC(=O)CCOC)C[C@@H](O[C@@H]2O[C@@H](CO)[C@H](O)C(O[C@@H](CC3CCCCC3)C(=O)N(C)C)C2NC(C)=O)C1OC1O[C@@H](C)C(O)[C@H](O)[C@@H]1O.CC[C@@H]1CC(C(=O)CCCNC(=O)CCOC)C[C@@H](O[C@@H]2O[C@@H](CO)[C@H](O)C(O[C@@H](CC3CCCCC3)C(=O)O)C2NC(C)=O)C1OC1O[C@@H](C)C(O)[C@H](O)[C@@H]1O. The third-order valence-corrected chi connectivity index (χ3v) is 24.2. The molecule has 4 saturated heterocycles. The molecule has 0 aromatic heterocycles. The van der Waals surface area contributed by atoms with E-state index in [1.165, 1.54) is 46.8 Å². The monoisotopic (exact) mass is 1660 g/mol. The number of carboxylic acids is 1. The van der Waals surface area contributed by atoms with Crippen LogP contribution >= 0.6 is 0 Å². The van der Waals surface area contributed by atoms with Crippen molar-refractivity contribution in [1.29, 1.82) is 0 Å². The van der Waals surface area contributed by atoms with Crippen LogP contribution in [0.5, 0.6) is 0 Å². The van der Waals surface area contributed by atoms with Gasteiger partial charge in [0.1, 0.15) is 103 Å². The van der Waals surface area contributed by atoms with Gasteiger partial charge >= 0.3 is 5.97 Å². The van der Waals surface area contributed by atoms with Gasteiger partial charge in [0.15, 0.2) is 31.3 Å². The Bertz CT molecular complexity index is 3010. The highest BCUT2D eigenvalue weighted by Gasteiger charge is 2.56. The highest BCUT2D eigenvalue weighted by Crippen LogP contribution is 2.44. The molecule has 8 aliphatic rings. The molecule has 4 aliphatic carbocycles. The predicted molar refractivity (Wildman–Crippen MR) is 409 cm³/mol. The molecule has 0 aromatic carbocycles. The van der Waals surface area contributed by atoms with Crippen LogP contribution in [-0.4, -0.2) is 335 Å². The van der Waals surface area contributed by atoms with Gasteiger partial charge in [0.2, 0.25) is 23.6 Å². The summed E-state index contributed by atoms with van der Waals surface area (Å²) in [6, 6.07) is -2.50. The first kappa shape index (κ1) is 98.4. The first-order valence-electron chi connectivity index (χ1n) is 42.0. The van der Waals surface area contributed by atoms with Gasteiger partial charge in [0.05, 0.1) is 63.1 Å². The number of methoxy groups -OCH3 is 2. The highest BCUT2D eigenvalue weighted by molar-refractivity contribution is 5.82. The average molecular weight is 1660 g/mol. The number of ether oxygens (including phenoxy) is 12. The van der Waals surface area contributed by atoms with E-state index < -0.39 is 202 Å². The van der Waals surface area contributed by atoms with Gasteiger partial charge in [0, 0.05) is 92.8 Å². The molecular weight excluding hydrogens is 1530 g/mol. The zero-order chi connectivity index (χ0) is 85.2. The molecule has 4 heterocycles. The number of carboxylic acid groups (broad SMARTS) is 1. The van der Waals surface area contributed by atoms with Crippen LogP contribution < -0.4 is 21.3 Å². The lowest BCUT2D eigenvalue weighted by molar-refractivity contribution is -0.338. The quantitative estimate of drug-likeness (QED) is 0.0354. The largest absolute Gasteiger partial charge is 0.479 e. The highest BCUT2D eigenvalue weighted by atomic mass is 16.7. The second kappa shape index (κ2) is 48.8. The molecule has 0 aromatic rings. The maximum atomic E-state index is 13.8. The van der Waals surface area contributed by atoms with Crippen molar-refractivity contribution in [3.8, 4) is 0 Å². The fourth-order valence-electron chi connectivity index (χ4n) is 17.5. The third-order valence-electron chi connectivity index (χ3n) is 24.2. The number of rotatable bonds is 40. The predicted octanol–water partition coefficient (Wildman–Crippen LogP) is -0.168. The summed E-state index contributed by atoms with van der Waals surface area (Å²) in [6.07, 6.45) is -17.5. The van der Waals surface area contributed by atoms with Crippen LogP contribution in [0, 0.1) is 35.5 Å². The van der Waals surface area contributed by atoms with Crippen molar-refractivity contribution >= 4 is 47.1 Å². The lowest BCUT2D eigenvalue weighted by atomic mass is 9.74. The Morgan fingerprint density at radius 2 is 0.845 bits per heavy atom. The number of carbonyl (C=O) groups excluding carboxylic acids is 7. The van der Waals surface area contributed by atoms with Crippen LogP contribution in [0.2, 0.25) is 0 Å². The molecule has 30 atom stereocenters. The number of nitrogens with zero attached hydrogens (tertiary/aromatic N) is 1. The molecule has 668 valence electrons. The topological polar surface area (TPSA) is 521 Å². The molecule has 12 unspecified atom stereocenters. The molecule has 8 rings (SSSR count). The Kier molecular flexibility index (Phi) is 41.4. The summed E-state index contributed by atoms with van der Waals surface area (Å²) in [5.41, 5.74) is 0. The molecule has 4 saturated carbocycles. The molecule has 15 N–H and O–H groups in total. The van der Waals surface area contributed by atoms with Crippen LogP contribution in [0.3, 0.4) is 0 Å².